The molecule has 1 fully saturated rings. The maximum Gasteiger partial charge on any atom is 0.233 e. The molecule has 3 heterocycles. The highest BCUT2D eigenvalue weighted by Crippen LogP contribution is 2.19. The molecule has 0 saturated carbocycles. The maximum atomic E-state index is 12.6. The quantitative estimate of drug-likeness (QED) is 0.609. The number of aryl methyl sites for hydroxylation is 1. The standard InChI is InChI=1S/C21H23N5OS2/c1-16-4-2-5-17(14-16)25-9-11-26(12-10-25)20(27)15-29-21-22-19(23-24-21)8-7-18-6-3-13-28-18/h2-8,13-14H,9-12,15H2,1H3,(H,22,23,24)/b8-7+. The number of anilines is 1. The SMILES string of the molecule is Cc1cccc(N2CCN(C(=O)CSc3n[nH]c(/C=C/c4cccs4)n3)CC2)c1. The van der Waals surface area contributed by atoms with Crippen molar-refractivity contribution in [3.8, 4) is 0 Å². The minimum atomic E-state index is 0.138. The molecule has 1 aliphatic heterocycles. The summed E-state index contributed by atoms with van der Waals surface area (Å²) in [4.78, 5) is 22.4. The fourth-order valence-electron chi connectivity index (χ4n) is 3.20. The predicted molar refractivity (Wildman–Crippen MR) is 120 cm³/mol. The van der Waals surface area contributed by atoms with E-state index in [0.717, 1.165) is 31.1 Å². The molecule has 0 spiro atoms. The second-order valence-electron chi connectivity index (χ2n) is 6.85. The summed E-state index contributed by atoms with van der Waals surface area (Å²) in [6, 6.07) is 12.6. The summed E-state index contributed by atoms with van der Waals surface area (Å²) in [6.07, 6.45) is 3.90. The second kappa shape index (κ2) is 9.28. The first-order valence-electron chi connectivity index (χ1n) is 9.53. The zero-order valence-corrected chi connectivity index (χ0v) is 17.9. The van der Waals surface area contributed by atoms with Crippen LogP contribution in [0.25, 0.3) is 12.2 Å². The number of thioether (sulfide) groups is 1. The third kappa shape index (κ3) is 5.27. The van der Waals surface area contributed by atoms with Crippen molar-refractivity contribution >= 4 is 46.8 Å². The number of hydrogen-bond donors (Lipinski definition) is 1. The van der Waals surface area contributed by atoms with E-state index in [1.54, 1.807) is 11.3 Å². The first kappa shape index (κ1) is 19.7. The van der Waals surface area contributed by atoms with Crippen LogP contribution in [0.4, 0.5) is 5.69 Å². The molecule has 150 valence electrons. The van der Waals surface area contributed by atoms with Gasteiger partial charge in [0.15, 0.2) is 0 Å². The van der Waals surface area contributed by atoms with E-state index in [1.807, 2.05) is 34.6 Å². The van der Waals surface area contributed by atoms with Gasteiger partial charge >= 0.3 is 0 Å². The second-order valence-corrected chi connectivity index (χ2v) is 8.77. The number of hydrogen-bond acceptors (Lipinski definition) is 6. The van der Waals surface area contributed by atoms with Crippen molar-refractivity contribution in [1.82, 2.24) is 20.1 Å². The number of nitrogens with one attached hydrogen (secondary N) is 1. The maximum absolute atomic E-state index is 12.6. The molecule has 0 radical (unpaired) electrons. The third-order valence-electron chi connectivity index (χ3n) is 4.75. The van der Waals surface area contributed by atoms with Gasteiger partial charge in [0.1, 0.15) is 5.82 Å². The first-order chi connectivity index (χ1) is 14.2. The van der Waals surface area contributed by atoms with Crippen LogP contribution in [0.1, 0.15) is 16.3 Å². The number of amides is 1. The highest BCUT2D eigenvalue weighted by molar-refractivity contribution is 7.99. The molecule has 3 aromatic rings. The van der Waals surface area contributed by atoms with Crippen molar-refractivity contribution in [3.05, 3.63) is 58.0 Å². The molecule has 6 nitrogen and oxygen atoms in total. The summed E-state index contributed by atoms with van der Waals surface area (Å²) in [5.74, 6) is 1.19. The lowest BCUT2D eigenvalue weighted by molar-refractivity contribution is -0.128. The van der Waals surface area contributed by atoms with Gasteiger partial charge in [0.25, 0.3) is 0 Å². The lowest BCUT2D eigenvalue weighted by Crippen LogP contribution is -2.49. The van der Waals surface area contributed by atoms with Crippen LogP contribution in [0.2, 0.25) is 0 Å². The first-order valence-corrected chi connectivity index (χ1v) is 11.4. The summed E-state index contributed by atoms with van der Waals surface area (Å²) in [6.45, 7) is 5.32. The number of piperazine rings is 1. The van der Waals surface area contributed by atoms with Crippen LogP contribution in [0.5, 0.6) is 0 Å². The number of nitrogens with zero attached hydrogens (tertiary/aromatic N) is 4. The zero-order chi connectivity index (χ0) is 20.1. The number of carbonyl (C=O) groups excluding carboxylic acids is 1. The van der Waals surface area contributed by atoms with E-state index in [2.05, 4.69) is 51.3 Å². The fraction of sp³-hybridized carbons (Fsp3) is 0.286. The Bertz CT molecular complexity index is 975. The van der Waals surface area contributed by atoms with Crippen LogP contribution in [0.3, 0.4) is 0 Å². The summed E-state index contributed by atoms with van der Waals surface area (Å²) in [5, 5.41) is 9.73. The van der Waals surface area contributed by atoms with Crippen LogP contribution >= 0.6 is 23.1 Å². The van der Waals surface area contributed by atoms with Gasteiger partial charge in [-0.1, -0.05) is 30.0 Å². The third-order valence-corrected chi connectivity index (χ3v) is 6.42. The summed E-state index contributed by atoms with van der Waals surface area (Å²) < 4.78 is 0. The monoisotopic (exact) mass is 425 g/mol. The normalized spacial score (nSPS) is 14.7. The average molecular weight is 426 g/mol. The molecular weight excluding hydrogens is 402 g/mol. The molecule has 1 amide bonds. The van der Waals surface area contributed by atoms with Gasteiger partial charge in [0, 0.05) is 36.7 Å². The minimum Gasteiger partial charge on any atom is -0.368 e. The number of benzene rings is 1. The summed E-state index contributed by atoms with van der Waals surface area (Å²) in [5.41, 5.74) is 2.49. The van der Waals surface area contributed by atoms with Crippen LogP contribution in [-0.2, 0) is 4.79 Å². The summed E-state index contributed by atoms with van der Waals surface area (Å²) >= 11 is 3.05. The molecule has 4 rings (SSSR count). The van der Waals surface area contributed by atoms with Crippen LogP contribution in [0.15, 0.2) is 46.9 Å². The Hall–Kier alpha value is -2.58. The Labute approximate surface area is 178 Å². The highest BCUT2D eigenvalue weighted by atomic mass is 32.2. The van der Waals surface area contributed by atoms with Crippen molar-refractivity contribution < 1.29 is 4.79 Å². The van der Waals surface area contributed by atoms with E-state index in [1.165, 1.54) is 23.0 Å². The van der Waals surface area contributed by atoms with Gasteiger partial charge in [-0.2, -0.15) is 0 Å². The van der Waals surface area contributed by atoms with Crippen molar-refractivity contribution in [2.45, 2.75) is 12.1 Å². The van der Waals surface area contributed by atoms with E-state index < -0.39 is 0 Å². The smallest absolute Gasteiger partial charge is 0.233 e. The topological polar surface area (TPSA) is 65.1 Å². The lowest BCUT2D eigenvalue weighted by Gasteiger charge is -2.36. The largest absolute Gasteiger partial charge is 0.368 e. The number of rotatable bonds is 6. The molecule has 0 bridgehead atoms. The zero-order valence-electron chi connectivity index (χ0n) is 16.2. The molecule has 1 N–H and O–H groups in total. The Kier molecular flexibility index (Phi) is 6.31. The molecule has 8 heteroatoms. The molecular formula is C21H23N5OS2. The number of H-pyrrole nitrogens is 1. The van der Waals surface area contributed by atoms with Crippen molar-refractivity contribution in [3.63, 3.8) is 0 Å². The number of aromatic amines is 1. The number of aromatic nitrogens is 3. The van der Waals surface area contributed by atoms with E-state index in [9.17, 15) is 4.79 Å². The highest BCUT2D eigenvalue weighted by Gasteiger charge is 2.21. The molecule has 1 aliphatic rings. The van der Waals surface area contributed by atoms with E-state index in [0.29, 0.717) is 16.7 Å². The fourth-order valence-corrected chi connectivity index (χ4v) is 4.53. The van der Waals surface area contributed by atoms with Crippen LogP contribution < -0.4 is 4.90 Å². The number of thiophene rings is 1. The van der Waals surface area contributed by atoms with Gasteiger partial charge < -0.3 is 9.80 Å². The Morgan fingerprint density at radius 3 is 2.83 bits per heavy atom. The van der Waals surface area contributed by atoms with E-state index in [4.69, 9.17) is 0 Å². The molecule has 29 heavy (non-hydrogen) atoms. The van der Waals surface area contributed by atoms with Crippen molar-refractivity contribution in [2.24, 2.45) is 0 Å². The molecule has 0 aliphatic carbocycles. The van der Waals surface area contributed by atoms with Gasteiger partial charge in [0.2, 0.25) is 11.1 Å². The van der Waals surface area contributed by atoms with Gasteiger partial charge in [0.05, 0.1) is 5.75 Å². The van der Waals surface area contributed by atoms with Crippen molar-refractivity contribution in [2.75, 3.05) is 36.8 Å². The molecule has 0 atom stereocenters. The Morgan fingerprint density at radius 1 is 1.21 bits per heavy atom. The van der Waals surface area contributed by atoms with Crippen LogP contribution in [-0.4, -0.2) is 57.9 Å². The van der Waals surface area contributed by atoms with E-state index in [-0.39, 0.29) is 5.91 Å². The number of carbonyl (C=O) groups is 1. The molecule has 1 aromatic carbocycles. The van der Waals surface area contributed by atoms with Crippen molar-refractivity contribution in [1.29, 1.82) is 0 Å². The van der Waals surface area contributed by atoms with Gasteiger partial charge in [-0.15, -0.1) is 16.4 Å². The van der Waals surface area contributed by atoms with Crippen LogP contribution in [0, 0.1) is 6.92 Å². The van der Waals surface area contributed by atoms with E-state index >= 15 is 0 Å². The molecule has 0 unspecified atom stereocenters. The lowest BCUT2D eigenvalue weighted by atomic mass is 10.2. The summed E-state index contributed by atoms with van der Waals surface area (Å²) in [7, 11) is 0. The average Bonchev–Trinajstić information content (AvgIpc) is 3.42. The van der Waals surface area contributed by atoms with Gasteiger partial charge in [-0.25, -0.2) is 4.98 Å². The predicted octanol–water partition coefficient (Wildman–Crippen LogP) is 3.79. The van der Waals surface area contributed by atoms with Gasteiger partial charge in [-0.3, -0.25) is 9.89 Å². The Balaban J connectivity index is 1.24. The minimum absolute atomic E-state index is 0.138. The molecule has 1 saturated heterocycles. The molecule has 2 aromatic heterocycles. The van der Waals surface area contributed by atoms with Gasteiger partial charge in [-0.05, 0) is 48.2 Å². The Morgan fingerprint density at radius 2 is 2.07 bits per heavy atom.